The second kappa shape index (κ2) is 13.5. The third-order valence-corrected chi connectivity index (χ3v) is 7.92. The number of rotatable bonds is 13. The van der Waals surface area contributed by atoms with Gasteiger partial charge in [-0.05, 0) is 49.6 Å². The predicted molar refractivity (Wildman–Crippen MR) is 151 cm³/mol. The molecule has 0 aromatic heterocycles. The summed E-state index contributed by atoms with van der Waals surface area (Å²) in [6.45, 7) is 4.69. The minimum absolute atomic E-state index is 0.151. The molecular weight excluding hydrogens is 572 g/mol. The van der Waals surface area contributed by atoms with Crippen molar-refractivity contribution in [2.75, 3.05) is 29.9 Å². The maximum absolute atomic E-state index is 12.2. The molecule has 41 heavy (non-hydrogen) atoms. The van der Waals surface area contributed by atoms with Gasteiger partial charge in [-0.25, -0.2) is 18.2 Å². The average Bonchev–Trinajstić information content (AvgIpc) is 2.92. The van der Waals surface area contributed by atoms with Crippen molar-refractivity contribution in [1.29, 1.82) is 0 Å². The Morgan fingerprint density at radius 1 is 1.10 bits per heavy atom. The third-order valence-electron chi connectivity index (χ3n) is 6.52. The number of aromatic carboxylic acids is 1. The van der Waals surface area contributed by atoms with Gasteiger partial charge >= 0.3 is 5.97 Å². The van der Waals surface area contributed by atoms with E-state index in [0.717, 1.165) is 34.1 Å². The summed E-state index contributed by atoms with van der Waals surface area (Å²) in [4.78, 5) is 15.6. The SMILES string of the molecule is Cc1cc2c(-c3ccccc3C(=O)O)c3cc(C)c(=[NH+]CCCSOO[O-])cc-3oc2cc1NCCCS(=O)(=O)[O-]. The van der Waals surface area contributed by atoms with Crippen molar-refractivity contribution >= 4 is 44.8 Å². The van der Waals surface area contributed by atoms with Gasteiger partial charge in [0.15, 0.2) is 0 Å². The van der Waals surface area contributed by atoms with E-state index in [1.54, 1.807) is 30.3 Å². The summed E-state index contributed by atoms with van der Waals surface area (Å²) in [5.41, 5.74) is 5.12. The second-order valence-electron chi connectivity index (χ2n) is 9.43. The number of nitrogens with one attached hydrogen (secondary N) is 2. The van der Waals surface area contributed by atoms with Crippen molar-refractivity contribution in [3.63, 3.8) is 0 Å². The van der Waals surface area contributed by atoms with Gasteiger partial charge in [-0.2, -0.15) is 4.33 Å². The Kier molecular flexibility index (Phi) is 10.0. The van der Waals surface area contributed by atoms with Gasteiger partial charge in [0.2, 0.25) is 5.36 Å². The lowest BCUT2D eigenvalue weighted by Crippen LogP contribution is -2.77. The van der Waals surface area contributed by atoms with Crippen LogP contribution in [0.2, 0.25) is 0 Å². The lowest BCUT2D eigenvalue weighted by Gasteiger charge is -2.19. The zero-order valence-electron chi connectivity index (χ0n) is 22.4. The van der Waals surface area contributed by atoms with Crippen LogP contribution in [0.25, 0.3) is 33.4 Å². The van der Waals surface area contributed by atoms with E-state index in [1.165, 1.54) is 0 Å². The topological polar surface area (TPSA) is 175 Å². The largest absolute Gasteiger partial charge is 0.748 e. The first-order chi connectivity index (χ1) is 19.6. The summed E-state index contributed by atoms with van der Waals surface area (Å²) in [5, 5.41) is 28.0. The molecule has 0 saturated carbocycles. The van der Waals surface area contributed by atoms with E-state index in [4.69, 9.17) is 4.42 Å². The molecule has 0 spiro atoms. The molecular formula is C28H29N2O9S2-. The van der Waals surface area contributed by atoms with E-state index in [1.807, 2.05) is 32.0 Å². The van der Waals surface area contributed by atoms with Gasteiger partial charge in [-0.15, -0.1) is 0 Å². The number of aryl methyl sites for hydroxylation is 2. The molecule has 2 aromatic rings. The van der Waals surface area contributed by atoms with E-state index >= 15 is 0 Å². The lowest BCUT2D eigenvalue weighted by atomic mass is 9.89. The maximum atomic E-state index is 12.2. The highest BCUT2D eigenvalue weighted by molar-refractivity contribution is 7.94. The van der Waals surface area contributed by atoms with Crippen LogP contribution in [0.1, 0.15) is 34.3 Å². The number of carboxylic acid groups (broad SMARTS) is 1. The molecule has 0 fully saturated rings. The fourth-order valence-corrected chi connectivity index (χ4v) is 5.51. The summed E-state index contributed by atoms with van der Waals surface area (Å²) in [6, 6.07) is 14.3. The van der Waals surface area contributed by atoms with E-state index in [9.17, 15) is 28.1 Å². The molecule has 1 aliphatic heterocycles. The number of fused-ring (bicyclic) bond motifs is 2. The van der Waals surface area contributed by atoms with Gasteiger partial charge in [-0.1, -0.05) is 18.2 Å². The molecule has 0 atom stereocenters. The van der Waals surface area contributed by atoms with Crippen LogP contribution >= 0.6 is 12.0 Å². The first-order valence-corrected chi connectivity index (χ1v) is 15.2. The van der Waals surface area contributed by atoms with Gasteiger partial charge in [0.05, 0.1) is 21.7 Å². The summed E-state index contributed by atoms with van der Waals surface area (Å²) < 4.78 is 43.5. The number of carboxylic acids is 1. The Bertz CT molecular complexity index is 1700. The summed E-state index contributed by atoms with van der Waals surface area (Å²) in [7, 11) is -4.30. The average molecular weight is 602 g/mol. The standard InChI is InChI=1S/C28H30N2O9S2/c1-17-13-21-25(15-23(17)29-9-5-11-40-39-38-33)37-26-16-24(30-10-6-12-41(34,35)36)18(2)14-22(26)27(21)19-7-3-4-8-20(19)28(31)32/h3-4,7-8,13-16,30,33H,5-6,9-12H2,1-2H3,(H,31,32)(H,34,35,36)/p-1. The Hall–Kier alpha value is -3.46. The molecule has 3 N–H and O–H groups in total. The van der Waals surface area contributed by atoms with Crippen molar-refractivity contribution in [2.45, 2.75) is 26.7 Å². The fraction of sp³-hybridized carbons (Fsp3) is 0.286. The Morgan fingerprint density at radius 3 is 2.61 bits per heavy atom. The molecule has 4 rings (SSSR count). The second-order valence-corrected chi connectivity index (χ2v) is 11.7. The maximum Gasteiger partial charge on any atom is 0.336 e. The van der Waals surface area contributed by atoms with Crippen molar-refractivity contribution in [2.24, 2.45) is 0 Å². The number of carbonyl (C=O) groups is 1. The van der Waals surface area contributed by atoms with Crippen LogP contribution in [0.5, 0.6) is 0 Å². The molecule has 2 aromatic carbocycles. The minimum Gasteiger partial charge on any atom is -0.748 e. The molecule has 0 radical (unpaired) electrons. The van der Waals surface area contributed by atoms with E-state index in [2.05, 4.69) is 19.7 Å². The number of benzene rings is 3. The normalized spacial score (nSPS) is 12.3. The monoisotopic (exact) mass is 601 g/mol. The summed E-state index contributed by atoms with van der Waals surface area (Å²) in [5.74, 6) is -0.441. The van der Waals surface area contributed by atoms with Gasteiger partial charge < -0.3 is 24.7 Å². The summed E-state index contributed by atoms with van der Waals surface area (Å²) >= 11 is 0.918. The molecule has 11 nitrogen and oxygen atoms in total. The molecule has 218 valence electrons. The van der Waals surface area contributed by atoms with Crippen molar-refractivity contribution < 1.29 is 46.9 Å². The van der Waals surface area contributed by atoms with Crippen molar-refractivity contribution in [3.05, 3.63) is 70.6 Å². The molecule has 1 aliphatic carbocycles. The Labute approximate surface area is 241 Å². The van der Waals surface area contributed by atoms with Crippen molar-refractivity contribution in [1.82, 2.24) is 0 Å². The number of hydrogen-bond donors (Lipinski definition) is 3. The first-order valence-electron chi connectivity index (χ1n) is 12.8. The van der Waals surface area contributed by atoms with Crippen LogP contribution < -0.4 is 20.9 Å². The van der Waals surface area contributed by atoms with E-state index in [0.29, 0.717) is 52.3 Å². The molecule has 0 saturated heterocycles. The molecule has 13 heteroatoms. The highest BCUT2D eigenvalue weighted by Gasteiger charge is 2.23. The summed E-state index contributed by atoms with van der Waals surface area (Å²) in [6.07, 6.45) is 0.845. The zero-order chi connectivity index (χ0) is 29.6. The van der Waals surface area contributed by atoms with Gasteiger partial charge in [0, 0.05) is 70.3 Å². The molecule has 0 bridgehead atoms. The highest BCUT2D eigenvalue weighted by atomic mass is 32.2. The van der Waals surface area contributed by atoms with Crippen LogP contribution in [0, 0.1) is 13.8 Å². The quantitative estimate of drug-likeness (QED) is 0.0511. The zero-order valence-corrected chi connectivity index (χ0v) is 24.0. The minimum atomic E-state index is -4.30. The van der Waals surface area contributed by atoms with Crippen LogP contribution in [-0.4, -0.2) is 48.6 Å². The van der Waals surface area contributed by atoms with Crippen molar-refractivity contribution in [3.8, 4) is 22.5 Å². The fourth-order valence-electron chi connectivity index (χ4n) is 4.64. The third kappa shape index (κ3) is 7.64. The smallest absolute Gasteiger partial charge is 0.336 e. The first kappa shape index (κ1) is 30.5. The van der Waals surface area contributed by atoms with Crippen LogP contribution in [0.15, 0.2) is 52.9 Å². The Morgan fingerprint density at radius 2 is 1.88 bits per heavy atom. The number of hydrogen-bond acceptors (Lipinski definition) is 10. The van der Waals surface area contributed by atoms with E-state index < -0.39 is 21.8 Å². The van der Waals surface area contributed by atoms with Gasteiger partial charge in [-0.3, -0.25) is 5.04 Å². The van der Waals surface area contributed by atoms with Crippen LogP contribution in [-0.2, 0) is 19.5 Å². The van der Waals surface area contributed by atoms with Crippen LogP contribution in [0.3, 0.4) is 0 Å². The van der Waals surface area contributed by atoms with E-state index in [-0.39, 0.29) is 18.5 Å². The molecule has 0 amide bonds. The van der Waals surface area contributed by atoms with Gasteiger partial charge in [0.1, 0.15) is 17.9 Å². The number of anilines is 1. The predicted octanol–water partition coefficient (Wildman–Crippen LogP) is 2.11. The Balaban J connectivity index is 1.85. The molecule has 0 unspecified atom stereocenters. The van der Waals surface area contributed by atoms with Gasteiger partial charge in [0.25, 0.3) is 0 Å². The highest BCUT2D eigenvalue weighted by Crippen LogP contribution is 2.42. The molecule has 2 aliphatic rings. The molecule has 1 heterocycles. The van der Waals surface area contributed by atoms with Crippen LogP contribution in [0.4, 0.5) is 5.69 Å². The lowest BCUT2D eigenvalue weighted by molar-refractivity contribution is -0.777.